The fourth-order valence-electron chi connectivity index (χ4n) is 13.2. The zero-order valence-corrected chi connectivity index (χ0v) is 56.1. The fourth-order valence-corrected chi connectivity index (χ4v) is 13.2. The van der Waals surface area contributed by atoms with Gasteiger partial charge in [0, 0.05) is 35.7 Å². The predicted octanol–water partition coefficient (Wildman–Crippen LogP) is 16.2. The number of aromatic nitrogens is 4. The van der Waals surface area contributed by atoms with Gasteiger partial charge in [-0.2, -0.15) is 36.7 Å². The standard InChI is InChI=1S/2C38H36N4.2Pt/c2*1-36(2,3)25-15-17-29-30-18-16-26(37(4,5)6)23-32(30)38(31(29)22-25,35-19-20-39-40-35)27-11-10-12-28(21-27)42-24-41(7)33-13-8-9-14-34(33)42;;/h2*8-20,22-23H,1-7H3;;/q;;2*+2. The summed E-state index contributed by atoms with van der Waals surface area (Å²) in [6.45, 7) is 27.3. The topological polar surface area (TPSA) is 66.0 Å². The van der Waals surface area contributed by atoms with Gasteiger partial charge in [0.15, 0.2) is 14.1 Å². The van der Waals surface area contributed by atoms with E-state index in [1.54, 1.807) is 0 Å². The summed E-state index contributed by atoms with van der Waals surface area (Å²) in [5.74, 6) is 0. The van der Waals surface area contributed by atoms with Crippen LogP contribution in [0.3, 0.4) is 0 Å². The maximum absolute atomic E-state index is 4.80. The summed E-state index contributed by atoms with van der Waals surface area (Å²) in [6.07, 6.45) is 3.63. The molecule has 432 valence electrons. The first-order valence-electron chi connectivity index (χ1n) is 29.3. The minimum absolute atomic E-state index is 0. The molecule has 2 aliphatic heterocycles. The van der Waals surface area contributed by atoms with E-state index >= 15 is 0 Å². The van der Waals surface area contributed by atoms with Gasteiger partial charge in [-0.1, -0.05) is 223 Å². The maximum atomic E-state index is 4.80. The van der Waals surface area contributed by atoms with E-state index in [0.717, 1.165) is 56.6 Å². The van der Waals surface area contributed by atoms with Gasteiger partial charge in [-0.25, -0.2) is 0 Å². The Morgan fingerprint density at radius 1 is 0.372 bits per heavy atom. The van der Waals surface area contributed by atoms with Crippen LogP contribution in [0, 0.1) is 12.1 Å². The Hall–Kier alpha value is -7.68. The van der Waals surface area contributed by atoms with Crippen molar-refractivity contribution in [2.24, 2.45) is 0 Å². The van der Waals surface area contributed by atoms with Crippen LogP contribution in [0.1, 0.15) is 150 Å². The summed E-state index contributed by atoms with van der Waals surface area (Å²) >= 11 is 0. The zero-order valence-electron chi connectivity index (χ0n) is 51.5. The van der Waals surface area contributed by atoms with Crippen molar-refractivity contribution in [3.63, 3.8) is 0 Å². The molecule has 0 N–H and O–H groups in total. The molecule has 10 heteroatoms. The number of fused-ring (bicyclic) bond motifs is 8. The Labute approximate surface area is 536 Å². The van der Waals surface area contributed by atoms with Crippen LogP contribution >= 0.6 is 0 Å². The minimum atomic E-state index is -0.676. The van der Waals surface area contributed by atoms with Crippen molar-refractivity contribution in [3.8, 4) is 22.3 Å². The molecule has 2 aromatic heterocycles. The molecular weight excluding hydrogens is 1420 g/mol. The summed E-state index contributed by atoms with van der Waals surface area (Å²) in [4.78, 5) is 0. The summed E-state index contributed by atoms with van der Waals surface area (Å²) in [5, 5.41) is 18.3. The summed E-state index contributed by atoms with van der Waals surface area (Å²) in [7, 11) is 4.07. The summed E-state index contributed by atoms with van der Waals surface area (Å²) < 4.78 is 8.30. The van der Waals surface area contributed by atoms with Gasteiger partial charge in [-0.05, 0) is 88.4 Å². The SMILES string of the molecule is C[N+]1=C=[N+](c2[c-]c(C3(c4cc[n-]n4)c4cc(C(C)(C)C)ccc4-c4ccc(C(C)(C)C)cc43)ccc2)c2ccccc21.C[N+]1=C=[N+](c2[c-]c(C3(c4cc[n-]n4)c4cc(C(C)(C)C)ccc4-c4ccc(C(C)(C)C)cc43)ccc2)c2ccccc21.[Pt+2].[Pt+2]. The normalized spacial score (nSPS) is 14.8. The van der Waals surface area contributed by atoms with Crippen molar-refractivity contribution < 1.29 is 51.3 Å². The number of benzene rings is 8. The van der Waals surface area contributed by atoms with Crippen LogP contribution in [0.4, 0.5) is 34.1 Å². The Balaban J connectivity index is 0.000000175. The average molecular weight is 1490 g/mol. The monoisotopic (exact) mass is 1490 g/mol. The Morgan fingerprint density at radius 2 is 0.674 bits per heavy atom. The van der Waals surface area contributed by atoms with Crippen LogP contribution in [0.5, 0.6) is 0 Å². The van der Waals surface area contributed by atoms with E-state index in [-0.39, 0.29) is 63.8 Å². The molecule has 10 aromatic rings. The Bertz CT molecular complexity index is 4050. The van der Waals surface area contributed by atoms with Crippen molar-refractivity contribution in [1.82, 2.24) is 29.5 Å². The van der Waals surface area contributed by atoms with Gasteiger partial charge in [-0.3, -0.25) is 0 Å². The van der Waals surface area contributed by atoms with Gasteiger partial charge in [0.2, 0.25) is 0 Å². The molecule has 0 saturated heterocycles. The number of hydrogen-bond acceptors (Lipinski definition) is 2. The van der Waals surface area contributed by atoms with Crippen molar-refractivity contribution in [3.05, 3.63) is 261 Å². The molecule has 14 rings (SSSR count). The van der Waals surface area contributed by atoms with Crippen molar-refractivity contribution in [1.29, 1.82) is 0 Å². The molecule has 86 heavy (non-hydrogen) atoms. The average Bonchev–Trinajstić information content (AvgIpc) is 1.56. The summed E-state index contributed by atoms with van der Waals surface area (Å²) in [5.41, 5.74) is 23.9. The second-order valence-electron chi connectivity index (χ2n) is 27.2. The molecule has 0 amide bonds. The van der Waals surface area contributed by atoms with Crippen molar-refractivity contribution in [2.45, 2.75) is 116 Å². The van der Waals surface area contributed by atoms with E-state index in [0.29, 0.717) is 0 Å². The molecule has 0 saturated carbocycles. The molecule has 0 spiro atoms. The summed E-state index contributed by atoms with van der Waals surface area (Å²) in [6, 6.07) is 76.6. The first-order valence-corrected chi connectivity index (χ1v) is 29.3. The molecule has 0 fully saturated rings. The molecule has 4 aliphatic rings. The third kappa shape index (κ3) is 9.60. The van der Waals surface area contributed by atoms with E-state index in [1.165, 1.54) is 66.8 Å². The quantitative estimate of drug-likeness (QED) is 0.123. The molecule has 0 unspecified atom stereocenters. The first-order chi connectivity index (χ1) is 40.0. The van der Waals surface area contributed by atoms with Crippen LogP contribution in [-0.4, -0.2) is 45.5 Å². The molecule has 0 radical (unpaired) electrons. The molecule has 0 bridgehead atoms. The van der Waals surface area contributed by atoms with Crippen LogP contribution in [-0.2, 0) is 74.6 Å². The van der Waals surface area contributed by atoms with Crippen LogP contribution in [0.25, 0.3) is 22.3 Å². The zero-order chi connectivity index (χ0) is 58.9. The first kappa shape index (κ1) is 60.0. The van der Waals surface area contributed by atoms with Crippen LogP contribution in [0.2, 0.25) is 0 Å². The van der Waals surface area contributed by atoms with Crippen LogP contribution < -0.4 is 19.3 Å². The second-order valence-corrected chi connectivity index (χ2v) is 27.2. The molecular formula is C76H72N8Pt2+4. The maximum Gasteiger partial charge on any atom is 2.00 e. The van der Waals surface area contributed by atoms with E-state index in [9.17, 15) is 0 Å². The van der Waals surface area contributed by atoms with Gasteiger partial charge < -0.3 is 20.4 Å². The van der Waals surface area contributed by atoms with Gasteiger partial charge in [0.05, 0.1) is 10.8 Å². The van der Waals surface area contributed by atoms with Crippen molar-refractivity contribution >= 4 is 46.1 Å². The Kier molecular flexibility index (Phi) is 15.1. The molecule has 2 aliphatic carbocycles. The third-order valence-electron chi connectivity index (χ3n) is 17.8. The molecule has 4 heterocycles. The van der Waals surface area contributed by atoms with Crippen molar-refractivity contribution in [2.75, 3.05) is 14.1 Å². The van der Waals surface area contributed by atoms with E-state index in [2.05, 4.69) is 296 Å². The number of hydrogen-bond donors (Lipinski definition) is 0. The third-order valence-corrected chi connectivity index (χ3v) is 17.8. The molecule has 8 aromatic carbocycles. The minimum Gasteiger partial charge on any atom is -0.581 e. The molecule has 0 atom stereocenters. The van der Waals surface area contributed by atoms with Gasteiger partial charge >= 0.3 is 54.1 Å². The predicted molar refractivity (Wildman–Crippen MR) is 340 cm³/mol. The van der Waals surface area contributed by atoms with Gasteiger partial charge in [0.1, 0.15) is 11.4 Å². The van der Waals surface area contributed by atoms with E-state index in [1.807, 2.05) is 35.6 Å². The molecule has 8 nitrogen and oxygen atoms in total. The number of rotatable bonds is 6. The smallest absolute Gasteiger partial charge is 0.581 e. The second kappa shape index (κ2) is 21.6. The largest absolute Gasteiger partial charge is 2.00 e. The van der Waals surface area contributed by atoms with E-state index in [4.69, 9.17) is 10.2 Å². The van der Waals surface area contributed by atoms with Gasteiger partial charge in [0.25, 0.3) is 22.7 Å². The van der Waals surface area contributed by atoms with Crippen LogP contribution in [0.15, 0.2) is 182 Å². The Morgan fingerprint density at radius 3 is 0.953 bits per heavy atom. The number of nitrogens with zero attached hydrogens (tertiary/aromatic N) is 8. The number of para-hydroxylation sites is 4. The fraction of sp³-hybridized carbons (Fsp3) is 0.263. The van der Waals surface area contributed by atoms with E-state index < -0.39 is 10.8 Å². The van der Waals surface area contributed by atoms with Gasteiger partial charge in [-0.15, -0.1) is 23.3 Å².